The van der Waals surface area contributed by atoms with Crippen LogP contribution < -0.4 is 10.1 Å². The molecular weight excluding hydrogens is 352 g/mol. The number of aromatic nitrogens is 1. The van der Waals surface area contributed by atoms with E-state index >= 15 is 0 Å². The Balaban J connectivity index is 1.84. The molecule has 0 saturated carbocycles. The van der Waals surface area contributed by atoms with Crippen molar-refractivity contribution in [3.8, 4) is 5.75 Å². The highest BCUT2D eigenvalue weighted by molar-refractivity contribution is 5.84. The van der Waals surface area contributed by atoms with Gasteiger partial charge in [-0.1, -0.05) is 24.3 Å². The molecule has 0 fully saturated rings. The number of nitrogens with one attached hydrogen (secondary N) is 1. The minimum Gasteiger partial charge on any atom is -0.478 e. The largest absolute Gasteiger partial charge is 0.478 e. The molecule has 2 rings (SSSR count). The van der Waals surface area contributed by atoms with Crippen LogP contribution in [0, 0.1) is 0 Å². The minimum atomic E-state index is -0.951. The van der Waals surface area contributed by atoms with Gasteiger partial charge in [-0.05, 0) is 69.5 Å². The lowest BCUT2D eigenvalue weighted by Gasteiger charge is -2.25. The molecule has 1 aromatic heterocycles. The average molecular weight is 383 g/mol. The summed E-state index contributed by atoms with van der Waals surface area (Å²) in [7, 11) is 0. The van der Waals surface area contributed by atoms with Gasteiger partial charge in [0.15, 0.2) is 5.60 Å². The molecule has 0 radical (unpaired) electrons. The highest BCUT2D eigenvalue weighted by Gasteiger charge is 2.29. The molecule has 0 saturated heterocycles. The number of amides is 1. The second-order valence-corrected chi connectivity index (χ2v) is 7.32. The smallest absolute Gasteiger partial charge is 0.263 e. The Kier molecular flexibility index (Phi) is 8.20. The molecule has 1 heterocycles. The zero-order valence-electron chi connectivity index (χ0n) is 17.1. The van der Waals surface area contributed by atoms with Gasteiger partial charge in [-0.25, -0.2) is 0 Å². The predicted molar refractivity (Wildman–Crippen MR) is 113 cm³/mol. The SMILES string of the molecule is CC(C)OCCCNC(=O)C(C)(C)Oc1ccc(/C=C/c2ccncc2)cc1. The van der Waals surface area contributed by atoms with Crippen LogP contribution in [0.1, 0.15) is 45.2 Å². The Bertz CT molecular complexity index is 753. The maximum atomic E-state index is 12.4. The summed E-state index contributed by atoms with van der Waals surface area (Å²) < 4.78 is 11.4. The third-order valence-corrected chi connectivity index (χ3v) is 4.03. The molecule has 0 spiro atoms. The van der Waals surface area contributed by atoms with Gasteiger partial charge in [-0.3, -0.25) is 9.78 Å². The van der Waals surface area contributed by atoms with Gasteiger partial charge in [-0.2, -0.15) is 0 Å². The van der Waals surface area contributed by atoms with Gasteiger partial charge >= 0.3 is 0 Å². The molecule has 0 aliphatic heterocycles. The zero-order valence-corrected chi connectivity index (χ0v) is 17.1. The number of benzene rings is 1. The van der Waals surface area contributed by atoms with Crippen LogP contribution >= 0.6 is 0 Å². The summed E-state index contributed by atoms with van der Waals surface area (Å²) in [4.78, 5) is 16.4. The standard InChI is InChI=1S/C23H30N2O3/c1-18(2)27-17-5-14-25-22(26)23(3,4)28-21-10-8-19(9-11-21)6-7-20-12-15-24-16-13-20/h6-13,15-16,18H,5,14,17H2,1-4H3,(H,25,26)/b7-6+. The first-order chi connectivity index (χ1) is 13.4. The van der Waals surface area contributed by atoms with Gasteiger partial charge in [-0.15, -0.1) is 0 Å². The zero-order chi connectivity index (χ0) is 20.4. The van der Waals surface area contributed by atoms with Crippen molar-refractivity contribution < 1.29 is 14.3 Å². The van der Waals surface area contributed by atoms with Crippen molar-refractivity contribution in [2.24, 2.45) is 0 Å². The van der Waals surface area contributed by atoms with Crippen molar-refractivity contribution >= 4 is 18.1 Å². The highest BCUT2D eigenvalue weighted by atomic mass is 16.5. The van der Waals surface area contributed by atoms with Gasteiger partial charge in [0, 0.05) is 25.5 Å². The first kappa shape index (κ1) is 21.6. The van der Waals surface area contributed by atoms with Crippen LogP contribution in [0.25, 0.3) is 12.2 Å². The predicted octanol–water partition coefficient (Wildman–Crippen LogP) is 4.34. The third-order valence-electron chi connectivity index (χ3n) is 4.03. The molecule has 150 valence electrons. The van der Waals surface area contributed by atoms with Gasteiger partial charge in [0.05, 0.1) is 6.10 Å². The van der Waals surface area contributed by atoms with Crippen LogP contribution in [-0.4, -0.2) is 35.7 Å². The summed E-state index contributed by atoms with van der Waals surface area (Å²) >= 11 is 0. The molecule has 28 heavy (non-hydrogen) atoms. The van der Waals surface area contributed by atoms with Crippen LogP contribution in [-0.2, 0) is 9.53 Å². The van der Waals surface area contributed by atoms with Crippen LogP contribution in [0.4, 0.5) is 0 Å². The fourth-order valence-electron chi connectivity index (χ4n) is 2.46. The Morgan fingerprint density at radius 2 is 1.68 bits per heavy atom. The quantitative estimate of drug-likeness (QED) is 0.621. The molecule has 0 bridgehead atoms. The fraction of sp³-hybridized carbons (Fsp3) is 0.391. The number of rotatable bonds is 10. The Morgan fingerprint density at radius 3 is 2.29 bits per heavy atom. The molecule has 5 nitrogen and oxygen atoms in total. The number of carbonyl (C=O) groups is 1. The number of hydrogen-bond acceptors (Lipinski definition) is 4. The van der Waals surface area contributed by atoms with E-state index in [0.717, 1.165) is 17.5 Å². The monoisotopic (exact) mass is 382 g/mol. The fourth-order valence-corrected chi connectivity index (χ4v) is 2.46. The summed E-state index contributed by atoms with van der Waals surface area (Å²) in [5.74, 6) is 0.517. The molecule has 0 atom stereocenters. The number of pyridine rings is 1. The number of carbonyl (C=O) groups excluding carboxylic acids is 1. The lowest BCUT2D eigenvalue weighted by Crippen LogP contribution is -2.46. The van der Waals surface area contributed by atoms with Crippen LogP contribution in [0.5, 0.6) is 5.75 Å². The normalized spacial score (nSPS) is 11.8. The molecule has 1 aromatic carbocycles. The molecule has 5 heteroatoms. The first-order valence-corrected chi connectivity index (χ1v) is 9.64. The Hall–Kier alpha value is -2.66. The van der Waals surface area contributed by atoms with Crippen LogP contribution in [0.3, 0.4) is 0 Å². The Morgan fingerprint density at radius 1 is 1.07 bits per heavy atom. The van der Waals surface area contributed by atoms with E-state index < -0.39 is 5.60 Å². The maximum absolute atomic E-state index is 12.4. The van der Waals surface area contributed by atoms with Crippen molar-refractivity contribution in [3.05, 3.63) is 59.9 Å². The summed E-state index contributed by atoms with van der Waals surface area (Å²) in [6, 6.07) is 11.6. The molecule has 0 aliphatic rings. The minimum absolute atomic E-state index is 0.140. The van der Waals surface area contributed by atoms with E-state index in [4.69, 9.17) is 9.47 Å². The lowest BCUT2D eigenvalue weighted by atomic mass is 10.1. The summed E-state index contributed by atoms with van der Waals surface area (Å²) in [6.45, 7) is 8.73. The van der Waals surface area contributed by atoms with Crippen LogP contribution in [0.15, 0.2) is 48.8 Å². The second-order valence-electron chi connectivity index (χ2n) is 7.32. The van der Waals surface area contributed by atoms with Crippen molar-refractivity contribution in [1.29, 1.82) is 0 Å². The van der Waals surface area contributed by atoms with Gasteiger partial charge in [0.1, 0.15) is 5.75 Å². The molecular formula is C23H30N2O3. The van der Waals surface area contributed by atoms with Crippen molar-refractivity contribution in [1.82, 2.24) is 10.3 Å². The lowest BCUT2D eigenvalue weighted by molar-refractivity contribution is -0.134. The van der Waals surface area contributed by atoms with E-state index in [2.05, 4.69) is 10.3 Å². The van der Waals surface area contributed by atoms with E-state index in [-0.39, 0.29) is 12.0 Å². The van der Waals surface area contributed by atoms with E-state index in [0.29, 0.717) is 18.9 Å². The van der Waals surface area contributed by atoms with Gasteiger partial charge < -0.3 is 14.8 Å². The number of ether oxygens (including phenoxy) is 2. The molecule has 0 unspecified atom stereocenters. The van der Waals surface area contributed by atoms with Crippen molar-refractivity contribution in [3.63, 3.8) is 0 Å². The number of hydrogen-bond donors (Lipinski definition) is 1. The summed E-state index contributed by atoms with van der Waals surface area (Å²) in [5, 5.41) is 2.91. The molecule has 0 aliphatic carbocycles. The Labute approximate surface area is 167 Å². The van der Waals surface area contributed by atoms with E-state index in [1.54, 1.807) is 26.2 Å². The molecule has 1 N–H and O–H groups in total. The van der Waals surface area contributed by atoms with Crippen molar-refractivity contribution in [2.45, 2.75) is 45.8 Å². The molecule has 1 amide bonds. The highest BCUT2D eigenvalue weighted by Crippen LogP contribution is 2.20. The number of nitrogens with zero attached hydrogens (tertiary/aromatic N) is 1. The summed E-state index contributed by atoms with van der Waals surface area (Å²) in [5.41, 5.74) is 1.19. The second kappa shape index (κ2) is 10.6. The third kappa shape index (κ3) is 7.53. The summed E-state index contributed by atoms with van der Waals surface area (Å²) in [6.07, 6.45) is 8.56. The molecule has 2 aromatic rings. The van der Waals surface area contributed by atoms with Crippen molar-refractivity contribution in [2.75, 3.05) is 13.2 Å². The van der Waals surface area contributed by atoms with Gasteiger partial charge in [0.25, 0.3) is 5.91 Å². The first-order valence-electron chi connectivity index (χ1n) is 9.64. The van der Waals surface area contributed by atoms with Gasteiger partial charge in [0.2, 0.25) is 0 Å². The van der Waals surface area contributed by atoms with E-state index in [9.17, 15) is 4.79 Å². The van der Waals surface area contributed by atoms with Crippen LogP contribution in [0.2, 0.25) is 0 Å². The van der Waals surface area contributed by atoms with E-state index in [1.165, 1.54) is 0 Å². The van der Waals surface area contributed by atoms with E-state index in [1.807, 2.05) is 62.4 Å². The topological polar surface area (TPSA) is 60.5 Å². The maximum Gasteiger partial charge on any atom is 0.263 e. The average Bonchev–Trinajstić information content (AvgIpc) is 2.67.